The zero-order chi connectivity index (χ0) is 13.6. The number of aliphatic carboxylic acids is 2. The maximum Gasteiger partial charge on any atom is 1.00 e. The summed E-state index contributed by atoms with van der Waals surface area (Å²) in [6.45, 7) is 5.60. The number of carboxylic acids is 2. The molecule has 0 aliphatic carbocycles. The first-order chi connectivity index (χ1) is 7.23. The van der Waals surface area contributed by atoms with Crippen molar-refractivity contribution in [3.8, 4) is 0 Å². The predicted molar refractivity (Wildman–Crippen MR) is 50.2 cm³/mol. The second-order valence-electron chi connectivity index (χ2n) is 2.43. The molecular formula is C8H18N2Na2O6. The van der Waals surface area contributed by atoms with Gasteiger partial charge in [-0.1, -0.05) is 12.2 Å². The van der Waals surface area contributed by atoms with Crippen LogP contribution in [0, 0.1) is 0 Å². The molecule has 3 N–H and O–H groups in total. The van der Waals surface area contributed by atoms with E-state index in [4.69, 9.17) is 30.2 Å². The van der Waals surface area contributed by atoms with Crippen LogP contribution in [-0.2, 0) is 9.59 Å². The van der Waals surface area contributed by atoms with Crippen molar-refractivity contribution in [3.05, 3.63) is 0 Å². The number of hydrogen-bond acceptors (Lipinski definition) is 8. The molecule has 0 radical (unpaired) electrons. The average Bonchev–Trinajstić information content (AvgIpc) is 2.01. The molecule has 0 heterocycles. The zero-order valence-electron chi connectivity index (χ0n) is 11.6. The maximum atomic E-state index is 8.89. The second-order valence-corrected chi connectivity index (χ2v) is 2.43. The normalized spacial score (nSPS) is 7.44. The summed E-state index contributed by atoms with van der Waals surface area (Å²) < 4.78 is 0. The Morgan fingerprint density at radius 2 is 1.39 bits per heavy atom. The fourth-order valence-corrected chi connectivity index (χ4v) is 0.356. The molecule has 0 aromatic rings. The third kappa shape index (κ3) is 125. The molecular weight excluding hydrogens is 266 g/mol. The van der Waals surface area contributed by atoms with Gasteiger partial charge in [0.05, 0.1) is 6.54 Å². The van der Waals surface area contributed by atoms with Crippen LogP contribution >= 0.6 is 0 Å². The molecule has 0 unspecified atom stereocenters. The van der Waals surface area contributed by atoms with E-state index in [-0.39, 0.29) is 70.9 Å². The van der Waals surface area contributed by atoms with Gasteiger partial charge in [0, 0.05) is 18.5 Å². The van der Waals surface area contributed by atoms with Crippen molar-refractivity contribution >= 4 is 11.9 Å². The number of carbonyl (C=O) groups is 2. The quantitative estimate of drug-likeness (QED) is 0.263. The Hall–Kier alpha value is 0.780. The van der Waals surface area contributed by atoms with Crippen molar-refractivity contribution in [1.82, 2.24) is 10.5 Å². The number of nitrogens with zero attached hydrogens (tertiary/aromatic N) is 1. The summed E-state index contributed by atoms with van der Waals surface area (Å²) in [6, 6.07) is 0. The molecule has 0 bridgehead atoms. The summed E-state index contributed by atoms with van der Waals surface area (Å²) in [7, 11) is 0. The monoisotopic (exact) mass is 284 g/mol. The van der Waals surface area contributed by atoms with Gasteiger partial charge in [-0.05, 0) is 20.4 Å². The molecule has 0 aliphatic rings. The first-order valence-corrected chi connectivity index (χ1v) is 4.45. The molecule has 98 valence electrons. The van der Waals surface area contributed by atoms with E-state index in [1.54, 1.807) is 0 Å². The van der Waals surface area contributed by atoms with Gasteiger partial charge in [-0.15, -0.1) is 0 Å². The van der Waals surface area contributed by atoms with Gasteiger partial charge in [0.25, 0.3) is 0 Å². The number of likely N-dealkylation sites (N-methyl/N-ethyl adjacent to an activating group) is 1. The fourth-order valence-electron chi connectivity index (χ4n) is 0.356. The van der Waals surface area contributed by atoms with E-state index in [0.717, 1.165) is 20.4 Å². The Balaban J connectivity index is -0.0000000489. The maximum absolute atomic E-state index is 8.89. The minimum absolute atomic E-state index is 0. The van der Waals surface area contributed by atoms with E-state index in [9.17, 15) is 0 Å². The first kappa shape index (κ1) is 31.3. The molecule has 0 atom stereocenters. The van der Waals surface area contributed by atoms with E-state index in [0.29, 0.717) is 6.54 Å². The zero-order valence-corrected chi connectivity index (χ0v) is 15.6. The topological polar surface area (TPSA) is 136 Å². The van der Waals surface area contributed by atoms with Crippen molar-refractivity contribution in [2.45, 2.75) is 20.8 Å². The van der Waals surface area contributed by atoms with E-state index in [1.807, 2.05) is 6.92 Å². The van der Waals surface area contributed by atoms with Crippen LogP contribution in [0.3, 0.4) is 0 Å². The number of carboxylic acid groups (broad SMARTS) is 2. The van der Waals surface area contributed by atoms with Gasteiger partial charge in [0.15, 0.2) is 0 Å². The van der Waals surface area contributed by atoms with Crippen LogP contribution < -0.4 is 74.6 Å². The molecule has 0 aliphatic heterocycles. The van der Waals surface area contributed by atoms with Crippen LogP contribution in [0.4, 0.5) is 0 Å². The van der Waals surface area contributed by atoms with Crippen molar-refractivity contribution < 1.29 is 89.3 Å². The Kier molecular flexibility index (Phi) is 45.8. The average molecular weight is 284 g/mol. The molecule has 0 saturated carbocycles. The number of carbonyl (C=O) groups excluding carboxylic acids is 2. The van der Waals surface area contributed by atoms with E-state index >= 15 is 0 Å². The molecule has 0 aromatic heterocycles. The van der Waals surface area contributed by atoms with E-state index in [1.165, 1.54) is 0 Å². The molecule has 0 amide bonds. The fraction of sp³-hybridized carbons (Fsp3) is 0.750. The standard InChI is InChI=1S/C4H12N2O2.2C2H4O2.2Na/c1-2-5-3-4-6(7)8;2*1-2(3)4;;/h5,7-8H,2-4H2,1H3;2*1H3,(H,3,4);;/q;;;2*+1/p-2. The van der Waals surface area contributed by atoms with Crippen LogP contribution in [0.1, 0.15) is 20.8 Å². The summed E-state index contributed by atoms with van der Waals surface area (Å²) in [5.74, 6) is -2.17. The molecule has 0 aromatic carbocycles. The third-order valence-electron chi connectivity index (χ3n) is 0.739. The number of rotatable bonds is 4. The molecule has 0 saturated heterocycles. The predicted octanol–water partition coefficient (Wildman–Crippen LogP) is -8.80. The molecule has 10 heteroatoms. The number of nitrogens with one attached hydrogen (secondary N) is 1. The third-order valence-corrected chi connectivity index (χ3v) is 0.739. The SMILES string of the molecule is CC(=O)[O-].CC(=O)[O-].CCNCCN(O)O.[Na+].[Na+]. The van der Waals surface area contributed by atoms with Crippen molar-refractivity contribution in [2.24, 2.45) is 0 Å². The number of hydroxylamine groups is 2. The number of hydrogen-bond donors (Lipinski definition) is 3. The summed E-state index contributed by atoms with van der Waals surface area (Å²) in [5.41, 5.74) is 0. The molecule has 18 heavy (non-hydrogen) atoms. The first-order valence-electron chi connectivity index (χ1n) is 4.45. The van der Waals surface area contributed by atoms with Gasteiger partial charge in [-0.3, -0.25) is 10.4 Å². The van der Waals surface area contributed by atoms with E-state index in [2.05, 4.69) is 5.32 Å². The minimum atomic E-state index is -1.08. The molecule has 0 spiro atoms. The van der Waals surface area contributed by atoms with Crippen LogP contribution in [0.25, 0.3) is 0 Å². The van der Waals surface area contributed by atoms with Crippen molar-refractivity contribution in [3.63, 3.8) is 0 Å². The molecule has 0 fully saturated rings. The van der Waals surface area contributed by atoms with Crippen LogP contribution in [0.2, 0.25) is 0 Å². The van der Waals surface area contributed by atoms with Crippen molar-refractivity contribution in [1.29, 1.82) is 0 Å². The van der Waals surface area contributed by atoms with Crippen LogP contribution in [0.15, 0.2) is 0 Å². The van der Waals surface area contributed by atoms with Gasteiger partial charge in [0.1, 0.15) is 0 Å². The summed E-state index contributed by atoms with van der Waals surface area (Å²) >= 11 is 0. The smallest absolute Gasteiger partial charge is 0.550 e. The summed E-state index contributed by atoms with van der Waals surface area (Å²) in [6.07, 6.45) is 0. The Morgan fingerprint density at radius 1 is 1.11 bits per heavy atom. The summed E-state index contributed by atoms with van der Waals surface area (Å²) in [5, 5.41) is 37.1. The largest absolute Gasteiger partial charge is 1.00 e. The minimum Gasteiger partial charge on any atom is -0.550 e. The van der Waals surface area contributed by atoms with E-state index < -0.39 is 11.9 Å². The summed E-state index contributed by atoms with van der Waals surface area (Å²) in [4.78, 5) is 17.8. The second kappa shape index (κ2) is 26.4. The van der Waals surface area contributed by atoms with Crippen LogP contribution in [0.5, 0.6) is 0 Å². The van der Waals surface area contributed by atoms with Gasteiger partial charge in [-0.25, -0.2) is 0 Å². The Morgan fingerprint density at radius 3 is 1.56 bits per heavy atom. The van der Waals surface area contributed by atoms with Gasteiger partial charge in [-0.2, -0.15) is 0 Å². The Bertz CT molecular complexity index is 163. The van der Waals surface area contributed by atoms with Gasteiger partial charge in [0.2, 0.25) is 0 Å². The Labute approximate surface area is 151 Å². The molecule has 8 nitrogen and oxygen atoms in total. The van der Waals surface area contributed by atoms with Gasteiger partial charge < -0.3 is 25.1 Å². The van der Waals surface area contributed by atoms with Crippen LogP contribution in [-0.4, -0.2) is 47.2 Å². The molecule has 0 rings (SSSR count). The van der Waals surface area contributed by atoms with Gasteiger partial charge >= 0.3 is 59.1 Å². The van der Waals surface area contributed by atoms with Crippen molar-refractivity contribution in [2.75, 3.05) is 19.6 Å².